The molecule has 0 saturated carbocycles. The quantitative estimate of drug-likeness (QED) is 0.844. The monoisotopic (exact) mass is 258 g/mol. The van der Waals surface area contributed by atoms with Crippen molar-refractivity contribution in [2.75, 3.05) is 25.0 Å². The molecule has 1 aliphatic rings. The summed E-state index contributed by atoms with van der Waals surface area (Å²) in [6.07, 6.45) is 1.90. The van der Waals surface area contributed by atoms with E-state index in [4.69, 9.17) is 11.0 Å². The van der Waals surface area contributed by atoms with E-state index in [0.717, 1.165) is 31.6 Å². The van der Waals surface area contributed by atoms with Gasteiger partial charge in [-0.25, -0.2) is 0 Å². The van der Waals surface area contributed by atoms with E-state index in [1.165, 1.54) is 0 Å². The minimum absolute atomic E-state index is 0.0276. The van der Waals surface area contributed by atoms with Crippen LogP contribution in [-0.4, -0.2) is 36.5 Å². The van der Waals surface area contributed by atoms with Crippen LogP contribution in [-0.2, 0) is 4.79 Å². The molecule has 100 valence electrons. The number of piperidine rings is 1. The Bertz CT molecular complexity index is 469. The summed E-state index contributed by atoms with van der Waals surface area (Å²) >= 11 is 0. The molecule has 5 heteroatoms. The van der Waals surface area contributed by atoms with Gasteiger partial charge in [-0.1, -0.05) is 0 Å². The maximum atomic E-state index is 11.9. The van der Waals surface area contributed by atoms with E-state index in [1.807, 2.05) is 6.07 Å². The van der Waals surface area contributed by atoms with Crippen molar-refractivity contribution in [1.29, 1.82) is 5.26 Å². The van der Waals surface area contributed by atoms with Gasteiger partial charge in [-0.3, -0.25) is 9.69 Å². The number of nitriles is 1. The van der Waals surface area contributed by atoms with Crippen LogP contribution in [0.25, 0.3) is 0 Å². The van der Waals surface area contributed by atoms with Crippen LogP contribution >= 0.6 is 0 Å². The summed E-state index contributed by atoms with van der Waals surface area (Å²) in [4.78, 5) is 14.0. The van der Waals surface area contributed by atoms with Crippen LogP contribution < -0.4 is 11.1 Å². The van der Waals surface area contributed by atoms with E-state index in [2.05, 4.69) is 10.2 Å². The predicted molar refractivity (Wildman–Crippen MR) is 73.4 cm³/mol. The SMILES string of the molecule is N#Cc1ccc(NC(=O)CN2CCC(N)CC2)cc1. The Kier molecular flexibility index (Phi) is 4.50. The molecule has 5 nitrogen and oxygen atoms in total. The topological polar surface area (TPSA) is 82.2 Å². The molecule has 1 amide bonds. The first-order chi connectivity index (χ1) is 9.17. The molecule has 0 bridgehead atoms. The standard InChI is InChI=1S/C14H18N4O/c15-9-11-1-3-13(4-2-11)17-14(19)10-18-7-5-12(16)6-8-18/h1-4,12H,5-8,10,16H2,(H,17,19). The maximum Gasteiger partial charge on any atom is 0.238 e. The normalized spacial score (nSPS) is 16.8. The van der Waals surface area contributed by atoms with Crippen LogP contribution in [0.4, 0.5) is 5.69 Å². The van der Waals surface area contributed by atoms with Gasteiger partial charge in [0.15, 0.2) is 0 Å². The number of likely N-dealkylation sites (tertiary alicyclic amines) is 1. The van der Waals surface area contributed by atoms with Crippen molar-refractivity contribution in [3.63, 3.8) is 0 Å². The highest BCUT2D eigenvalue weighted by molar-refractivity contribution is 5.92. The Labute approximate surface area is 113 Å². The number of nitrogens with one attached hydrogen (secondary N) is 1. The van der Waals surface area contributed by atoms with Gasteiger partial charge in [0.2, 0.25) is 5.91 Å². The van der Waals surface area contributed by atoms with Gasteiger partial charge in [0.25, 0.3) is 0 Å². The van der Waals surface area contributed by atoms with Crippen LogP contribution in [0.5, 0.6) is 0 Å². The average Bonchev–Trinajstić information content (AvgIpc) is 2.42. The molecule has 0 aliphatic carbocycles. The fourth-order valence-electron chi connectivity index (χ4n) is 2.14. The number of rotatable bonds is 3. The van der Waals surface area contributed by atoms with E-state index >= 15 is 0 Å². The van der Waals surface area contributed by atoms with Gasteiger partial charge in [0.1, 0.15) is 0 Å². The number of anilines is 1. The molecule has 2 rings (SSSR count). The number of nitrogens with two attached hydrogens (primary N) is 1. The lowest BCUT2D eigenvalue weighted by Crippen LogP contribution is -2.43. The predicted octanol–water partition coefficient (Wildman–Crippen LogP) is 0.920. The van der Waals surface area contributed by atoms with E-state index in [1.54, 1.807) is 24.3 Å². The highest BCUT2D eigenvalue weighted by Gasteiger charge is 2.18. The number of nitrogens with zero attached hydrogens (tertiary/aromatic N) is 2. The molecule has 0 aromatic heterocycles. The molecule has 3 N–H and O–H groups in total. The molecular formula is C14H18N4O. The molecule has 1 aromatic carbocycles. The van der Waals surface area contributed by atoms with E-state index in [0.29, 0.717) is 12.1 Å². The summed E-state index contributed by atoms with van der Waals surface area (Å²) in [6.45, 7) is 2.15. The number of hydrogen-bond donors (Lipinski definition) is 2. The molecule has 19 heavy (non-hydrogen) atoms. The van der Waals surface area contributed by atoms with Gasteiger partial charge in [-0.05, 0) is 37.1 Å². The van der Waals surface area contributed by atoms with Crippen molar-refractivity contribution < 1.29 is 4.79 Å². The Hall–Kier alpha value is -1.90. The van der Waals surface area contributed by atoms with Gasteiger partial charge in [-0.2, -0.15) is 5.26 Å². The second kappa shape index (κ2) is 6.32. The van der Waals surface area contributed by atoms with E-state index < -0.39 is 0 Å². The highest BCUT2D eigenvalue weighted by atomic mass is 16.2. The van der Waals surface area contributed by atoms with Crippen molar-refractivity contribution in [1.82, 2.24) is 4.90 Å². The smallest absolute Gasteiger partial charge is 0.238 e. The summed E-state index contributed by atoms with van der Waals surface area (Å²) in [5.41, 5.74) is 7.13. The van der Waals surface area contributed by atoms with Crippen LogP contribution in [0.3, 0.4) is 0 Å². The van der Waals surface area contributed by atoms with Gasteiger partial charge < -0.3 is 11.1 Å². The second-order valence-electron chi connectivity index (χ2n) is 4.85. The van der Waals surface area contributed by atoms with Crippen LogP contribution in [0.15, 0.2) is 24.3 Å². The Morgan fingerprint density at radius 3 is 2.58 bits per heavy atom. The molecule has 0 spiro atoms. The van der Waals surface area contributed by atoms with Gasteiger partial charge in [0.05, 0.1) is 18.2 Å². The molecule has 0 unspecified atom stereocenters. The minimum Gasteiger partial charge on any atom is -0.328 e. The van der Waals surface area contributed by atoms with E-state index in [9.17, 15) is 4.79 Å². The molecule has 1 heterocycles. The lowest BCUT2D eigenvalue weighted by Gasteiger charge is -2.29. The zero-order valence-electron chi connectivity index (χ0n) is 10.8. The lowest BCUT2D eigenvalue weighted by atomic mass is 10.1. The van der Waals surface area contributed by atoms with E-state index in [-0.39, 0.29) is 11.9 Å². The third kappa shape index (κ3) is 4.05. The fourth-order valence-corrected chi connectivity index (χ4v) is 2.14. The summed E-state index contributed by atoms with van der Waals surface area (Å²) in [5, 5.41) is 11.5. The van der Waals surface area contributed by atoms with Gasteiger partial charge in [0, 0.05) is 24.8 Å². The third-order valence-electron chi connectivity index (χ3n) is 3.30. The zero-order chi connectivity index (χ0) is 13.7. The van der Waals surface area contributed by atoms with Crippen molar-refractivity contribution in [3.8, 4) is 6.07 Å². The highest BCUT2D eigenvalue weighted by Crippen LogP contribution is 2.10. The van der Waals surface area contributed by atoms with Crippen LogP contribution in [0.2, 0.25) is 0 Å². The number of carbonyl (C=O) groups excluding carboxylic acids is 1. The summed E-state index contributed by atoms with van der Waals surface area (Å²) < 4.78 is 0. The molecule has 1 aromatic rings. The molecule has 1 saturated heterocycles. The molecule has 1 fully saturated rings. The minimum atomic E-state index is -0.0276. The zero-order valence-corrected chi connectivity index (χ0v) is 10.8. The molecule has 0 radical (unpaired) electrons. The summed E-state index contributed by atoms with van der Waals surface area (Å²) in [5.74, 6) is -0.0276. The van der Waals surface area contributed by atoms with Crippen molar-refractivity contribution in [2.24, 2.45) is 5.73 Å². The molecule has 0 atom stereocenters. The first-order valence-electron chi connectivity index (χ1n) is 6.45. The number of hydrogen-bond acceptors (Lipinski definition) is 4. The van der Waals surface area contributed by atoms with Crippen LogP contribution in [0, 0.1) is 11.3 Å². The van der Waals surface area contributed by atoms with Crippen molar-refractivity contribution in [3.05, 3.63) is 29.8 Å². The van der Waals surface area contributed by atoms with Gasteiger partial charge >= 0.3 is 0 Å². The molecule has 1 aliphatic heterocycles. The summed E-state index contributed by atoms with van der Waals surface area (Å²) in [7, 11) is 0. The second-order valence-corrected chi connectivity index (χ2v) is 4.85. The first kappa shape index (κ1) is 13.5. The number of benzene rings is 1. The third-order valence-corrected chi connectivity index (χ3v) is 3.30. The van der Waals surface area contributed by atoms with Gasteiger partial charge in [-0.15, -0.1) is 0 Å². The van der Waals surface area contributed by atoms with Crippen molar-refractivity contribution >= 4 is 11.6 Å². The number of carbonyl (C=O) groups is 1. The Morgan fingerprint density at radius 1 is 1.37 bits per heavy atom. The Balaban J connectivity index is 1.82. The Morgan fingerprint density at radius 2 is 2.00 bits per heavy atom. The lowest BCUT2D eigenvalue weighted by molar-refractivity contribution is -0.117. The summed E-state index contributed by atoms with van der Waals surface area (Å²) in [6, 6.07) is 9.18. The maximum absolute atomic E-state index is 11.9. The molecular weight excluding hydrogens is 240 g/mol. The first-order valence-corrected chi connectivity index (χ1v) is 6.45. The average molecular weight is 258 g/mol. The largest absolute Gasteiger partial charge is 0.328 e. The fraction of sp³-hybridized carbons (Fsp3) is 0.429. The number of amides is 1. The van der Waals surface area contributed by atoms with Crippen molar-refractivity contribution in [2.45, 2.75) is 18.9 Å². The van der Waals surface area contributed by atoms with Crippen LogP contribution in [0.1, 0.15) is 18.4 Å².